The van der Waals surface area contributed by atoms with Gasteiger partial charge in [0.1, 0.15) is 5.52 Å². The zero-order valence-electron chi connectivity index (χ0n) is 9.37. The van der Waals surface area contributed by atoms with E-state index in [-0.39, 0.29) is 0 Å². The molecule has 0 spiro atoms. The Labute approximate surface area is 98.6 Å². The van der Waals surface area contributed by atoms with Crippen LogP contribution in [0.5, 0.6) is 0 Å². The summed E-state index contributed by atoms with van der Waals surface area (Å²) < 4.78 is 10.9. The number of fused-ring (bicyclic) bond motifs is 1. The molecule has 1 aromatic heterocycles. The molecule has 0 amide bonds. The van der Waals surface area contributed by atoms with E-state index in [2.05, 4.69) is 4.98 Å². The molecule has 2 aromatic rings. The molecule has 3 rings (SSSR count). The van der Waals surface area contributed by atoms with Gasteiger partial charge >= 0.3 is 0 Å². The molecule has 5 heteroatoms. The third-order valence-corrected chi connectivity index (χ3v) is 2.80. The Morgan fingerprint density at radius 2 is 2.24 bits per heavy atom. The largest absolute Gasteiger partial charge is 0.423 e. The van der Waals surface area contributed by atoms with Crippen LogP contribution in [-0.4, -0.2) is 42.5 Å². The minimum absolute atomic E-state index is 0.372. The van der Waals surface area contributed by atoms with Crippen LogP contribution >= 0.6 is 0 Å². The quantitative estimate of drug-likeness (QED) is 0.798. The Hall–Kier alpha value is -1.59. The standard InChI is InChI=1S/C12H14N2O3/c15-9-7-14(5-6-16-8-9)12-13-10-3-1-2-4-11(10)17-12/h1-4,9,15H,5-8H2. The molecule has 2 heterocycles. The van der Waals surface area contributed by atoms with Gasteiger partial charge in [0, 0.05) is 6.54 Å². The number of aromatic nitrogens is 1. The normalized spacial score (nSPS) is 21.7. The first-order chi connectivity index (χ1) is 8.33. The average Bonchev–Trinajstić information content (AvgIpc) is 2.65. The molecule has 1 aliphatic rings. The fourth-order valence-corrected chi connectivity index (χ4v) is 1.96. The molecule has 1 fully saturated rings. The van der Waals surface area contributed by atoms with E-state index in [4.69, 9.17) is 9.15 Å². The van der Waals surface area contributed by atoms with Crippen molar-refractivity contribution in [3.05, 3.63) is 24.3 Å². The number of anilines is 1. The van der Waals surface area contributed by atoms with E-state index >= 15 is 0 Å². The minimum Gasteiger partial charge on any atom is -0.423 e. The van der Waals surface area contributed by atoms with Crippen LogP contribution in [-0.2, 0) is 4.74 Å². The Bertz CT molecular complexity index is 478. The summed E-state index contributed by atoms with van der Waals surface area (Å²) in [5, 5.41) is 9.66. The van der Waals surface area contributed by atoms with E-state index < -0.39 is 6.10 Å². The van der Waals surface area contributed by atoms with E-state index in [0.29, 0.717) is 32.3 Å². The molecule has 90 valence electrons. The second-order valence-electron chi connectivity index (χ2n) is 4.14. The molecule has 1 atom stereocenters. The van der Waals surface area contributed by atoms with Crippen molar-refractivity contribution < 1.29 is 14.3 Å². The van der Waals surface area contributed by atoms with Crippen molar-refractivity contribution in [3.63, 3.8) is 0 Å². The monoisotopic (exact) mass is 234 g/mol. The first kappa shape index (κ1) is 10.6. The van der Waals surface area contributed by atoms with E-state index in [0.717, 1.165) is 11.1 Å². The van der Waals surface area contributed by atoms with E-state index in [1.54, 1.807) is 0 Å². The number of ether oxygens (including phenoxy) is 1. The van der Waals surface area contributed by atoms with Crippen molar-refractivity contribution in [2.45, 2.75) is 6.10 Å². The molecule has 1 aromatic carbocycles. The first-order valence-electron chi connectivity index (χ1n) is 5.69. The highest BCUT2D eigenvalue weighted by Gasteiger charge is 2.20. The second-order valence-corrected chi connectivity index (χ2v) is 4.14. The fourth-order valence-electron chi connectivity index (χ4n) is 1.96. The van der Waals surface area contributed by atoms with E-state index in [1.807, 2.05) is 29.2 Å². The van der Waals surface area contributed by atoms with Crippen LogP contribution in [0.3, 0.4) is 0 Å². The summed E-state index contributed by atoms with van der Waals surface area (Å²) >= 11 is 0. The molecule has 1 unspecified atom stereocenters. The Morgan fingerprint density at radius 3 is 3.12 bits per heavy atom. The van der Waals surface area contributed by atoms with Gasteiger partial charge in [-0.2, -0.15) is 4.98 Å². The molecule has 5 nitrogen and oxygen atoms in total. The maximum Gasteiger partial charge on any atom is 0.298 e. The van der Waals surface area contributed by atoms with Crippen molar-refractivity contribution in [1.82, 2.24) is 4.98 Å². The second kappa shape index (κ2) is 4.35. The number of nitrogens with zero attached hydrogens (tertiary/aromatic N) is 2. The molecular formula is C12H14N2O3. The number of rotatable bonds is 1. The first-order valence-corrected chi connectivity index (χ1v) is 5.69. The summed E-state index contributed by atoms with van der Waals surface area (Å²) in [6.07, 6.45) is -0.493. The molecule has 1 N–H and O–H groups in total. The molecule has 17 heavy (non-hydrogen) atoms. The lowest BCUT2D eigenvalue weighted by Crippen LogP contribution is -2.32. The van der Waals surface area contributed by atoms with E-state index in [1.165, 1.54) is 0 Å². The highest BCUT2D eigenvalue weighted by Crippen LogP contribution is 2.22. The lowest BCUT2D eigenvalue weighted by Gasteiger charge is -2.18. The zero-order valence-corrected chi connectivity index (χ0v) is 9.37. The predicted molar refractivity (Wildman–Crippen MR) is 63.0 cm³/mol. The van der Waals surface area contributed by atoms with E-state index in [9.17, 15) is 5.11 Å². The Balaban J connectivity index is 1.91. The molecular weight excluding hydrogens is 220 g/mol. The lowest BCUT2D eigenvalue weighted by molar-refractivity contribution is 0.0596. The van der Waals surface area contributed by atoms with Gasteiger partial charge in [0.2, 0.25) is 0 Å². The topological polar surface area (TPSA) is 58.7 Å². The summed E-state index contributed by atoms with van der Waals surface area (Å²) in [4.78, 5) is 6.32. The fraction of sp³-hybridized carbons (Fsp3) is 0.417. The van der Waals surface area contributed by atoms with Gasteiger partial charge < -0.3 is 19.2 Å². The summed E-state index contributed by atoms with van der Waals surface area (Å²) in [6, 6.07) is 8.19. The number of aliphatic hydroxyl groups excluding tert-OH is 1. The van der Waals surface area contributed by atoms with Crippen LogP contribution in [0.2, 0.25) is 0 Å². The molecule has 0 radical (unpaired) electrons. The van der Waals surface area contributed by atoms with Crippen LogP contribution in [0.4, 0.5) is 6.01 Å². The summed E-state index contributed by atoms with van der Waals surface area (Å²) in [5.41, 5.74) is 1.60. The van der Waals surface area contributed by atoms with Crippen molar-refractivity contribution in [3.8, 4) is 0 Å². The average molecular weight is 234 g/mol. The van der Waals surface area contributed by atoms with Crippen molar-refractivity contribution in [1.29, 1.82) is 0 Å². The van der Waals surface area contributed by atoms with Crippen LogP contribution in [0, 0.1) is 0 Å². The third kappa shape index (κ3) is 2.11. The van der Waals surface area contributed by atoms with Crippen LogP contribution in [0.1, 0.15) is 0 Å². The Kier molecular flexibility index (Phi) is 2.70. The molecule has 1 aliphatic heterocycles. The number of β-amino-alcohol motifs (C(OH)–C–C–N with tert-alkyl or cyclic N) is 1. The summed E-state index contributed by atoms with van der Waals surface area (Å²) in [7, 11) is 0. The van der Waals surface area contributed by atoms with Crippen molar-refractivity contribution in [2.24, 2.45) is 0 Å². The molecule has 0 bridgehead atoms. The summed E-state index contributed by atoms with van der Waals surface area (Å²) in [5.74, 6) is 0. The number of para-hydroxylation sites is 2. The van der Waals surface area contributed by atoms with Gasteiger partial charge in [-0.15, -0.1) is 0 Å². The third-order valence-electron chi connectivity index (χ3n) is 2.80. The highest BCUT2D eigenvalue weighted by molar-refractivity contribution is 5.74. The van der Waals surface area contributed by atoms with Gasteiger partial charge in [-0.05, 0) is 12.1 Å². The lowest BCUT2D eigenvalue weighted by atomic mass is 10.3. The number of aliphatic hydroxyl groups is 1. The summed E-state index contributed by atoms with van der Waals surface area (Å²) in [6.45, 7) is 2.13. The number of benzene rings is 1. The van der Waals surface area contributed by atoms with Crippen LogP contribution in [0.25, 0.3) is 11.1 Å². The van der Waals surface area contributed by atoms with Crippen molar-refractivity contribution in [2.75, 3.05) is 31.2 Å². The highest BCUT2D eigenvalue weighted by atomic mass is 16.5. The van der Waals surface area contributed by atoms with Gasteiger partial charge in [-0.1, -0.05) is 12.1 Å². The maximum atomic E-state index is 9.66. The smallest absolute Gasteiger partial charge is 0.298 e. The number of oxazole rings is 1. The molecule has 0 aliphatic carbocycles. The zero-order chi connectivity index (χ0) is 11.7. The maximum absolute atomic E-state index is 9.66. The van der Waals surface area contributed by atoms with Crippen molar-refractivity contribution >= 4 is 17.1 Å². The number of hydrogen-bond donors (Lipinski definition) is 1. The minimum atomic E-state index is -0.493. The number of hydrogen-bond acceptors (Lipinski definition) is 5. The van der Waals surface area contributed by atoms with Crippen LogP contribution in [0.15, 0.2) is 28.7 Å². The predicted octanol–water partition coefficient (Wildman–Crippen LogP) is 1.03. The van der Waals surface area contributed by atoms with Gasteiger partial charge in [-0.3, -0.25) is 0 Å². The van der Waals surface area contributed by atoms with Gasteiger partial charge in [0.25, 0.3) is 6.01 Å². The van der Waals surface area contributed by atoms with Crippen LogP contribution < -0.4 is 4.90 Å². The van der Waals surface area contributed by atoms with Gasteiger partial charge in [-0.25, -0.2) is 0 Å². The SMILES string of the molecule is OC1COCCN(c2nc3ccccc3o2)C1. The Morgan fingerprint density at radius 1 is 1.35 bits per heavy atom. The molecule has 0 saturated carbocycles. The van der Waals surface area contributed by atoms with Gasteiger partial charge in [0.15, 0.2) is 5.58 Å². The molecule has 1 saturated heterocycles. The van der Waals surface area contributed by atoms with Gasteiger partial charge in [0.05, 0.1) is 25.9 Å².